The van der Waals surface area contributed by atoms with Gasteiger partial charge in [-0.1, -0.05) is 24.3 Å². The molecule has 2 atom stereocenters. The smallest absolute Gasteiger partial charge is 0.232 e. The van der Waals surface area contributed by atoms with Gasteiger partial charge in [-0.3, -0.25) is 9.69 Å². The lowest BCUT2D eigenvalue weighted by Gasteiger charge is -2.38. The lowest BCUT2D eigenvalue weighted by atomic mass is 9.70. The number of aryl methyl sites for hydroxylation is 1. The van der Waals surface area contributed by atoms with Crippen molar-refractivity contribution in [1.82, 2.24) is 9.80 Å². The summed E-state index contributed by atoms with van der Waals surface area (Å²) >= 11 is 0. The zero-order chi connectivity index (χ0) is 17.9. The average molecular weight is 346 g/mol. The molecule has 0 bridgehead atoms. The Kier molecular flexibility index (Phi) is 5.77. The number of β-amino-alcohol motifs (C(OH)–C–C–N with tert-alkyl or cyclic N) is 1. The number of rotatable bonds is 5. The Labute approximate surface area is 150 Å². The van der Waals surface area contributed by atoms with Crippen LogP contribution in [0.5, 0.6) is 0 Å². The Hall–Kier alpha value is -1.43. The van der Waals surface area contributed by atoms with E-state index in [0.717, 1.165) is 51.1 Å². The van der Waals surface area contributed by atoms with Crippen LogP contribution < -0.4 is 0 Å². The van der Waals surface area contributed by atoms with Gasteiger partial charge in [-0.25, -0.2) is 0 Å². The number of morpholine rings is 1. The first-order chi connectivity index (χ1) is 12.0. The Morgan fingerprint density at radius 1 is 1.36 bits per heavy atom. The van der Waals surface area contributed by atoms with Crippen LogP contribution in [-0.4, -0.2) is 73.4 Å². The van der Waals surface area contributed by atoms with Crippen LogP contribution in [0.4, 0.5) is 0 Å². The second-order valence-electron chi connectivity index (χ2n) is 7.60. The van der Waals surface area contributed by atoms with Gasteiger partial charge in [0.1, 0.15) is 0 Å². The van der Waals surface area contributed by atoms with Gasteiger partial charge in [-0.15, -0.1) is 0 Å². The molecule has 1 aliphatic heterocycles. The van der Waals surface area contributed by atoms with E-state index < -0.39 is 11.5 Å². The van der Waals surface area contributed by atoms with Gasteiger partial charge in [-0.2, -0.15) is 0 Å². The van der Waals surface area contributed by atoms with Crippen molar-refractivity contribution in [3.05, 3.63) is 35.4 Å². The summed E-state index contributed by atoms with van der Waals surface area (Å²) in [5.74, 6) is 0.112. The molecule has 1 aromatic carbocycles. The van der Waals surface area contributed by atoms with Crippen LogP contribution in [0.2, 0.25) is 0 Å². The monoisotopic (exact) mass is 346 g/mol. The molecule has 0 spiro atoms. The fraction of sp³-hybridized carbons (Fsp3) is 0.650. The van der Waals surface area contributed by atoms with E-state index in [2.05, 4.69) is 24.0 Å². The van der Waals surface area contributed by atoms with Crippen molar-refractivity contribution in [2.24, 2.45) is 0 Å². The number of fused-ring (bicyclic) bond motifs is 1. The Morgan fingerprint density at radius 2 is 2.08 bits per heavy atom. The van der Waals surface area contributed by atoms with E-state index in [1.54, 1.807) is 4.90 Å². The van der Waals surface area contributed by atoms with Crippen molar-refractivity contribution >= 4 is 5.91 Å². The molecule has 25 heavy (non-hydrogen) atoms. The van der Waals surface area contributed by atoms with Crippen LogP contribution in [0.1, 0.15) is 30.9 Å². The molecule has 1 N–H and O–H groups in total. The minimum Gasteiger partial charge on any atom is -0.390 e. The topological polar surface area (TPSA) is 53.0 Å². The second kappa shape index (κ2) is 7.85. The van der Waals surface area contributed by atoms with Crippen LogP contribution in [0.25, 0.3) is 0 Å². The molecule has 1 saturated heterocycles. The van der Waals surface area contributed by atoms with E-state index >= 15 is 0 Å². The van der Waals surface area contributed by atoms with Gasteiger partial charge < -0.3 is 14.7 Å². The molecular weight excluding hydrogens is 316 g/mol. The molecule has 1 fully saturated rings. The molecule has 5 nitrogen and oxygen atoms in total. The van der Waals surface area contributed by atoms with E-state index in [4.69, 9.17) is 4.74 Å². The first kappa shape index (κ1) is 18.4. The fourth-order valence-electron chi connectivity index (χ4n) is 4.23. The Balaban J connectivity index is 1.64. The molecule has 2 unspecified atom stereocenters. The quantitative estimate of drug-likeness (QED) is 0.876. The number of carbonyl (C=O) groups is 1. The van der Waals surface area contributed by atoms with Crippen LogP contribution in [0.3, 0.4) is 0 Å². The van der Waals surface area contributed by atoms with Gasteiger partial charge >= 0.3 is 0 Å². The third-order valence-corrected chi connectivity index (χ3v) is 5.61. The molecule has 5 heteroatoms. The van der Waals surface area contributed by atoms with Gasteiger partial charge in [0.05, 0.1) is 24.7 Å². The highest BCUT2D eigenvalue weighted by atomic mass is 16.5. The zero-order valence-electron chi connectivity index (χ0n) is 15.4. The molecule has 0 saturated carbocycles. The van der Waals surface area contributed by atoms with E-state index in [1.165, 1.54) is 5.56 Å². The maximum Gasteiger partial charge on any atom is 0.232 e. The third kappa shape index (κ3) is 4.05. The van der Waals surface area contributed by atoms with Crippen molar-refractivity contribution in [1.29, 1.82) is 0 Å². The fourth-order valence-corrected chi connectivity index (χ4v) is 4.23. The van der Waals surface area contributed by atoms with E-state index in [1.807, 2.05) is 19.2 Å². The second-order valence-corrected chi connectivity index (χ2v) is 7.60. The van der Waals surface area contributed by atoms with Crippen molar-refractivity contribution in [3.8, 4) is 0 Å². The summed E-state index contributed by atoms with van der Waals surface area (Å²) in [6.07, 6.45) is 2.41. The average Bonchev–Trinajstić information content (AvgIpc) is 2.62. The molecule has 0 aromatic heterocycles. The molecule has 138 valence electrons. The van der Waals surface area contributed by atoms with Crippen molar-refractivity contribution in [2.75, 3.05) is 46.4 Å². The Bertz CT molecular complexity index is 600. The molecule has 2 aliphatic rings. The maximum absolute atomic E-state index is 13.2. The minimum atomic E-state index is -0.533. The number of hydrogen-bond acceptors (Lipinski definition) is 4. The van der Waals surface area contributed by atoms with Gasteiger partial charge in [0.2, 0.25) is 5.91 Å². The van der Waals surface area contributed by atoms with E-state index in [9.17, 15) is 9.90 Å². The molecule has 3 rings (SSSR count). The normalized spacial score (nSPS) is 25.2. The molecule has 1 amide bonds. The van der Waals surface area contributed by atoms with Crippen LogP contribution in [-0.2, 0) is 21.4 Å². The lowest BCUT2D eigenvalue weighted by molar-refractivity contribution is -0.137. The molecule has 0 radical (unpaired) electrons. The summed E-state index contributed by atoms with van der Waals surface area (Å²) in [6.45, 7) is 6.15. The highest BCUT2D eigenvalue weighted by molar-refractivity contribution is 5.88. The number of benzene rings is 1. The molecule has 1 heterocycles. The predicted molar refractivity (Wildman–Crippen MR) is 97.6 cm³/mol. The van der Waals surface area contributed by atoms with Crippen molar-refractivity contribution < 1.29 is 14.6 Å². The van der Waals surface area contributed by atoms with Gasteiger partial charge in [0.25, 0.3) is 0 Å². The molecule has 1 aliphatic carbocycles. The number of hydrogen-bond donors (Lipinski definition) is 1. The highest BCUT2D eigenvalue weighted by Gasteiger charge is 2.40. The summed E-state index contributed by atoms with van der Waals surface area (Å²) in [5.41, 5.74) is 1.95. The summed E-state index contributed by atoms with van der Waals surface area (Å²) in [7, 11) is 1.81. The number of likely N-dealkylation sites (N-methyl/N-ethyl adjacent to an activating group) is 1. The minimum absolute atomic E-state index is 0.112. The van der Waals surface area contributed by atoms with E-state index in [0.29, 0.717) is 13.1 Å². The third-order valence-electron chi connectivity index (χ3n) is 5.61. The maximum atomic E-state index is 13.2. The van der Waals surface area contributed by atoms with E-state index in [-0.39, 0.29) is 5.91 Å². The SMILES string of the molecule is CN(CC(O)CN1CCOCC1)C(=O)C1(C)CCCc2ccccc21. The largest absolute Gasteiger partial charge is 0.390 e. The van der Waals surface area contributed by atoms with Crippen LogP contribution in [0, 0.1) is 0 Å². The summed E-state index contributed by atoms with van der Waals surface area (Å²) in [4.78, 5) is 17.1. The van der Waals surface area contributed by atoms with Gasteiger partial charge in [0, 0.05) is 33.2 Å². The molecular formula is C20H30N2O3. The summed E-state index contributed by atoms with van der Waals surface area (Å²) < 4.78 is 5.34. The molecule has 1 aromatic rings. The number of aliphatic hydroxyl groups excluding tert-OH is 1. The number of carbonyl (C=O) groups excluding carboxylic acids is 1. The lowest BCUT2D eigenvalue weighted by Crippen LogP contribution is -2.49. The van der Waals surface area contributed by atoms with Crippen LogP contribution >= 0.6 is 0 Å². The first-order valence-electron chi connectivity index (χ1n) is 9.33. The van der Waals surface area contributed by atoms with Crippen LogP contribution in [0.15, 0.2) is 24.3 Å². The standard InChI is InChI=1S/C20H30N2O3/c1-20(9-5-7-16-6-3-4-8-18(16)20)19(24)21(2)14-17(23)15-22-10-12-25-13-11-22/h3-4,6,8,17,23H,5,7,9-15H2,1-2H3. The zero-order valence-corrected chi connectivity index (χ0v) is 15.4. The van der Waals surface area contributed by atoms with Crippen molar-refractivity contribution in [2.45, 2.75) is 37.7 Å². The van der Waals surface area contributed by atoms with Crippen molar-refractivity contribution in [3.63, 3.8) is 0 Å². The predicted octanol–water partition coefficient (Wildman–Crippen LogP) is 1.43. The highest BCUT2D eigenvalue weighted by Crippen LogP contribution is 2.38. The summed E-state index contributed by atoms with van der Waals surface area (Å²) in [6, 6.07) is 8.28. The van der Waals surface area contributed by atoms with Gasteiger partial charge in [-0.05, 0) is 37.3 Å². The number of nitrogens with zero attached hydrogens (tertiary/aromatic N) is 2. The number of amides is 1. The van der Waals surface area contributed by atoms with Gasteiger partial charge in [0.15, 0.2) is 0 Å². The summed E-state index contributed by atoms with van der Waals surface area (Å²) in [5, 5.41) is 10.4. The first-order valence-corrected chi connectivity index (χ1v) is 9.33. The number of aliphatic hydroxyl groups is 1. The Morgan fingerprint density at radius 3 is 2.84 bits per heavy atom. The number of ether oxygens (including phenoxy) is 1.